The second kappa shape index (κ2) is 7.98. The minimum absolute atomic E-state index is 0.788. The van der Waals surface area contributed by atoms with Gasteiger partial charge in [-0.2, -0.15) is 13.2 Å². The summed E-state index contributed by atoms with van der Waals surface area (Å²) >= 11 is 0. The third kappa shape index (κ3) is 5.04. The molecule has 0 fully saturated rings. The third-order valence-corrected chi connectivity index (χ3v) is 3.59. The van der Waals surface area contributed by atoms with Gasteiger partial charge in [-0.25, -0.2) is 19.7 Å². The highest BCUT2D eigenvalue weighted by molar-refractivity contribution is 5.73. The summed E-state index contributed by atoms with van der Waals surface area (Å²) in [5.74, 6) is -0.916. The summed E-state index contributed by atoms with van der Waals surface area (Å²) in [6.45, 7) is 4.62. The van der Waals surface area contributed by atoms with Crippen LogP contribution in [0.5, 0.6) is 0 Å². The normalized spacial score (nSPS) is 14.0. The molecule has 3 rings (SSSR count). The number of carboxylic acid groups (broad SMARTS) is 1. The average molecular weight is 369 g/mol. The van der Waals surface area contributed by atoms with E-state index in [9.17, 15) is 13.2 Å². The van der Waals surface area contributed by atoms with Crippen LogP contribution < -0.4 is 9.80 Å². The molecular formula is C16H18F3N5O2. The molecule has 1 N–H and O–H groups in total. The van der Waals surface area contributed by atoms with Crippen molar-refractivity contribution in [2.45, 2.75) is 19.6 Å². The fourth-order valence-electron chi connectivity index (χ4n) is 2.28. The van der Waals surface area contributed by atoms with Gasteiger partial charge in [0.15, 0.2) is 0 Å². The Morgan fingerprint density at radius 1 is 1.19 bits per heavy atom. The predicted octanol–water partition coefficient (Wildman–Crippen LogP) is 2.27. The van der Waals surface area contributed by atoms with Crippen molar-refractivity contribution >= 4 is 17.7 Å². The third-order valence-electron chi connectivity index (χ3n) is 3.59. The number of carbonyl (C=O) groups is 1. The van der Waals surface area contributed by atoms with E-state index in [1.54, 1.807) is 0 Å². The van der Waals surface area contributed by atoms with Crippen LogP contribution in [0.4, 0.5) is 24.9 Å². The zero-order valence-corrected chi connectivity index (χ0v) is 14.2. The molecule has 2 aromatic heterocycles. The van der Waals surface area contributed by atoms with Gasteiger partial charge in [-0.1, -0.05) is 6.07 Å². The molecule has 0 radical (unpaired) electrons. The minimum atomic E-state index is -5.08. The van der Waals surface area contributed by atoms with Crippen LogP contribution in [0, 0.1) is 6.92 Å². The Hall–Kier alpha value is -2.91. The van der Waals surface area contributed by atoms with Crippen molar-refractivity contribution in [3.05, 3.63) is 41.9 Å². The van der Waals surface area contributed by atoms with Crippen LogP contribution >= 0.6 is 0 Å². The number of aromatic nitrogens is 3. The Bertz CT molecular complexity index is 752. The first-order chi connectivity index (χ1) is 12.2. The predicted molar refractivity (Wildman–Crippen MR) is 89.0 cm³/mol. The lowest BCUT2D eigenvalue weighted by Crippen LogP contribution is -2.30. The number of alkyl halides is 3. The van der Waals surface area contributed by atoms with E-state index >= 15 is 0 Å². The van der Waals surface area contributed by atoms with E-state index in [2.05, 4.69) is 37.9 Å². The maximum Gasteiger partial charge on any atom is 0.490 e. The van der Waals surface area contributed by atoms with Gasteiger partial charge in [-0.3, -0.25) is 0 Å². The fourth-order valence-corrected chi connectivity index (χ4v) is 2.28. The largest absolute Gasteiger partial charge is 0.490 e. The molecular weight excluding hydrogens is 351 g/mol. The molecule has 0 bridgehead atoms. The van der Waals surface area contributed by atoms with Gasteiger partial charge in [0.1, 0.15) is 5.82 Å². The molecule has 0 aliphatic carbocycles. The highest BCUT2D eigenvalue weighted by atomic mass is 19.4. The van der Waals surface area contributed by atoms with Crippen molar-refractivity contribution in [3.63, 3.8) is 0 Å². The number of aryl methyl sites for hydroxylation is 1. The van der Waals surface area contributed by atoms with Crippen LogP contribution in [0.2, 0.25) is 0 Å². The number of nitrogens with zero attached hydrogens (tertiary/aromatic N) is 5. The van der Waals surface area contributed by atoms with Crippen LogP contribution in [0.3, 0.4) is 0 Å². The van der Waals surface area contributed by atoms with Crippen molar-refractivity contribution < 1.29 is 23.1 Å². The molecule has 2 aromatic rings. The van der Waals surface area contributed by atoms with Crippen molar-refractivity contribution in [1.82, 2.24) is 15.0 Å². The van der Waals surface area contributed by atoms with Gasteiger partial charge in [0.2, 0.25) is 5.95 Å². The molecule has 0 saturated carbocycles. The highest BCUT2D eigenvalue weighted by Crippen LogP contribution is 2.23. The quantitative estimate of drug-likeness (QED) is 0.826. The van der Waals surface area contributed by atoms with Crippen LogP contribution in [0.15, 0.2) is 30.7 Å². The summed E-state index contributed by atoms with van der Waals surface area (Å²) in [7, 11) is 2.07. The van der Waals surface area contributed by atoms with E-state index in [1.807, 2.05) is 31.6 Å². The lowest BCUT2D eigenvalue weighted by atomic mass is 10.2. The van der Waals surface area contributed by atoms with Crippen LogP contribution in [-0.4, -0.2) is 52.3 Å². The molecule has 140 valence electrons. The van der Waals surface area contributed by atoms with Gasteiger partial charge >= 0.3 is 12.1 Å². The second-order valence-electron chi connectivity index (χ2n) is 5.69. The van der Waals surface area contributed by atoms with Crippen molar-refractivity contribution in [1.29, 1.82) is 0 Å². The SMILES string of the molecule is Cc1cnc(N2CCN(C)c3ncccc3C2)nc1.O=C(O)C(F)(F)F. The smallest absolute Gasteiger partial charge is 0.475 e. The first-order valence-electron chi connectivity index (χ1n) is 7.67. The molecule has 0 unspecified atom stereocenters. The molecule has 26 heavy (non-hydrogen) atoms. The zero-order chi connectivity index (χ0) is 19.3. The summed E-state index contributed by atoms with van der Waals surface area (Å²) in [4.78, 5) is 26.6. The number of hydrogen-bond donors (Lipinski definition) is 1. The number of carboxylic acids is 1. The minimum Gasteiger partial charge on any atom is -0.475 e. The second-order valence-corrected chi connectivity index (χ2v) is 5.69. The highest BCUT2D eigenvalue weighted by Gasteiger charge is 2.38. The van der Waals surface area contributed by atoms with Crippen molar-refractivity contribution in [2.75, 3.05) is 29.9 Å². The monoisotopic (exact) mass is 369 g/mol. The van der Waals surface area contributed by atoms with E-state index in [-0.39, 0.29) is 0 Å². The summed E-state index contributed by atoms with van der Waals surface area (Å²) in [5, 5.41) is 7.12. The number of fused-ring (bicyclic) bond motifs is 1. The molecule has 0 spiro atoms. The Morgan fingerprint density at radius 3 is 2.38 bits per heavy atom. The summed E-state index contributed by atoms with van der Waals surface area (Å²) in [5.41, 5.74) is 2.30. The van der Waals surface area contributed by atoms with Crippen LogP contribution in [-0.2, 0) is 11.3 Å². The van der Waals surface area contributed by atoms with Gasteiger partial charge in [0.25, 0.3) is 0 Å². The number of likely N-dealkylation sites (N-methyl/N-ethyl adjacent to an activating group) is 1. The Kier molecular flexibility index (Phi) is 5.96. The van der Waals surface area contributed by atoms with Gasteiger partial charge in [0.05, 0.1) is 0 Å². The molecule has 10 heteroatoms. The number of aliphatic carboxylic acids is 1. The standard InChI is InChI=1S/C14H17N5.C2HF3O2/c1-11-8-16-14(17-9-11)19-7-6-18(2)13-12(10-19)4-3-5-15-13;3-2(4,5)1(6)7/h3-5,8-9H,6-7,10H2,1-2H3;(H,6,7). The molecule has 0 atom stereocenters. The number of hydrogen-bond acceptors (Lipinski definition) is 6. The first kappa shape index (κ1) is 19.4. The average Bonchev–Trinajstić information content (AvgIpc) is 2.75. The molecule has 0 saturated heterocycles. The molecule has 7 nitrogen and oxygen atoms in total. The Balaban J connectivity index is 0.000000298. The van der Waals surface area contributed by atoms with Crippen molar-refractivity contribution in [3.8, 4) is 0 Å². The number of pyridine rings is 1. The van der Waals surface area contributed by atoms with Crippen molar-refractivity contribution in [2.24, 2.45) is 0 Å². The Morgan fingerprint density at radius 2 is 1.81 bits per heavy atom. The Labute approximate surface area is 148 Å². The van der Waals surface area contributed by atoms with E-state index in [0.717, 1.165) is 37.0 Å². The summed E-state index contributed by atoms with van der Waals surface area (Å²) < 4.78 is 31.7. The number of rotatable bonds is 1. The zero-order valence-electron chi connectivity index (χ0n) is 14.2. The maximum absolute atomic E-state index is 10.6. The summed E-state index contributed by atoms with van der Waals surface area (Å²) in [6, 6.07) is 4.09. The molecule has 0 amide bonds. The molecule has 3 heterocycles. The molecule has 1 aliphatic heterocycles. The summed E-state index contributed by atoms with van der Waals surface area (Å²) in [6.07, 6.45) is 0.482. The van der Waals surface area contributed by atoms with E-state index < -0.39 is 12.1 Å². The maximum atomic E-state index is 10.6. The topological polar surface area (TPSA) is 82.5 Å². The number of anilines is 2. The number of halogens is 3. The van der Waals surface area contributed by atoms with E-state index in [1.165, 1.54) is 5.56 Å². The van der Waals surface area contributed by atoms with Crippen LogP contribution in [0.25, 0.3) is 0 Å². The fraction of sp³-hybridized carbons (Fsp3) is 0.375. The van der Waals surface area contributed by atoms with Gasteiger partial charge in [-0.05, 0) is 18.6 Å². The lowest BCUT2D eigenvalue weighted by molar-refractivity contribution is -0.192. The van der Waals surface area contributed by atoms with Crippen LogP contribution in [0.1, 0.15) is 11.1 Å². The first-order valence-corrected chi connectivity index (χ1v) is 7.67. The van der Waals surface area contributed by atoms with Gasteiger partial charge < -0.3 is 14.9 Å². The molecule has 1 aliphatic rings. The lowest BCUT2D eigenvalue weighted by Gasteiger charge is -2.20. The van der Waals surface area contributed by atoms with E-state index in [0.29, 0.717) is 0 Å². The van der Waals surface area contributed by atoms with Gasteiger partial charge in [0, 0.05) is 50.8 Å². The molecule has 0 aromatic carbocycles. The van der Waals surface area contributed by atoms with E-state index in [4.69, 9.17) is 9.90 Å². The van der Waals surface area contributed by atoms with Gasteiger partial charge in [-0.15, -0.1) is 0 Å².